The average Bonchev–Trinajstić information content (AvgIpc) is 2.74. The smallest absolute Gasteiger partial charge is 0.348 e. The Morgan fingerprint density at radius 3 is 2.37 bits per heavy atom. The summed E-state index contributed by atoms with van der Waals surface area (Å²) in [5, 5.41) is 5.96. The van der Waals surface area contributed by atoms with Crippen molar-refractivity contribution in [1.29, 1.82) is 0 Å². The number of carbonyl (C=O) groups excluding carboxylic acids is 1. The molecule has 6 heteroatoms. The van der Waals surface area contributed by atoms with Gasteiger partial charge in [0.25, 0.3) is 5.91 Å². The molecule has 1 aliphatic rings. The molecule has 19 heavy (non-hydrogen) atoms. The standard InChI is InChI=1S/C13H15F3N2O/c1-8-6-17-7-11(8)18-12(19)9-2-4-10(5-3-9)13(14,15)16/h2-5,8,11,17H,6-7H2,1H3,(H,18,19). The number of amides is 1. The zero-order chi connectivity index (χ0) is 14.0. The molecule has 1 heterocycles. The van der Waals surface area contributed by atoms with Gasteiger partial charge in [-0.25, -0.2) is 0 Å². The van der Waals surface area contributed by atoms with Gasteiger partial charge in [0.2, 0.25) is 0 Å². The summed E-state index contributed by atoms with van der Waals surface area (Å²) in [6.45, 7) is 3.53. The Labute approximate surface area is 109 Å². The molecule has 0 spiro atoms. The number of halogens is 3. The predicted octanol–water partition coefficient (Wildman–Crippen LogP) is 2.04. The molecule has 0 saturated carbocycles. The van der Waals surface area contributed by atoms with E-state index in [9.17, 15) is 18.0 Å². The van der Waals surface area contributed by atoms with Crippen LogP contribution in [0.3, 0.4) is 0 Å². The molecule has 1 aromatic rings. The highest BCUT2D eigenvalue weighted by Crippen LogP contribution is 2.29. The van der Waals surface area contributed by atoms with Crippen molar-refractivity contribution in [3.05, 3.63) is 35.4 Å². The third-order valence-electron chi connectivity index (χ3n) is 3.31. The lowest BCUT2D eigenvalue weighted by Crippen LogP contribution is -2.39. The van der Waals surface area contributed by atoms with E-state index in [1.807, 2.05) is 6.92 Å². The van der Waals surface area contributed by atoms with Gasteiger partial charge in [0.1, 0.15) is 0 Å². The monoisotopic (exact) mass is 272 g/mol. The molecule has 1 amide bonds. The van der Waals surface area contributed by atoms with Crippen LogP contribution in [0.15, 0.2) is 24.3 Å². The number of rotatable bonds is 2. The van der Waals surface area contributed by atoms with Crippen LogP contribution in [0.4, 0.5) is 13.2 Å². The van der Waals surface area contributed by atoms with E-state index in [1.165, 1.54) is 12.1 Å². The first-order valence-corrected chi connectivity index (χ1v) is 6.07. The molecule has 3 nitrogen and oxygen atoms in total. The zero-order valence-corrected chi connectivity index (χ0v) is 10.4. The maximum Gasteiger partial charge on any atom is 0.416 e. The second-order valence-corrected chi connectivity index (χ2v) is 4.79. The van der Waals surface area contributed by atoms with Crippen LogP contribution in [-0.4, -0.2) is 25.0 Å². The molecule has 1 aliphatic heterocycles. The van der Waals surface area contributed by atoms with E-state index < -0.39 is 11.7 Å². The lowest BCUT2D eigenvalue weighted by molar-refractivity contribution is -0.137. The lowest BCUT2D eigenvalue weighted by Gasteiger charge is -2.16. The number of alkyl halides is 3. The molecule has 2 unspecified atom stereocenters. The normalized spacial score (nSPS) is 23.4. The van der Waals surface area contributed by atoms with E-state index in [4.69, 9.17) is 0 Å². The van der Waals surface area contributed by atoms with Gasteiger partial charge in [-0.2, -0.15) is 13.2 Å². The van der Waals surface area contributed by atoms with Gasteiger partial charge in [0.15, 0.2) is 0 Å². The summed E-state index contributed by atoms with van der Waals surface area (Å²) in [6, 6.07) is 4.27. The first-order valence-electron chi connectivity index (χ1n) is 6.07. The summed E-state index contributed by atoms with van der Waals surface area (Å²) in [5.41, 5.74) is -0.507. The fourth-order valence-electron chi connectivity index (χ4n) is 2.07. The van der Waals surface area contributed by atoms with Crippen molar-refractivity contribution in [1.82, 2.24) is 10.6 Å². The van der Waals surface area contributed by atoms with Gasteiger partial charge in [-0.05, 0) is 36.7 Å². The number of hydrogen-bond donors (Lipinski definition) is 2. The fourth-order valence-corrected chi connectivity index (χ4v) is 2.07. The van der Waals surface area contributed by atoms with Crippen molar-refractivity contribution in [3.63, 3.8) is 0 Å². The first kappa shape index (κ1) is 13.9. The fraction of sp³-hybridized carbons (Fsp3) is 0.462. The molecule has 0 aliphatic carbocycles. The van der Waals surface area contributed by atoms with Gasteiger partial charge in [-0.15, -0.1) is 0 Å². The van der Waals surface area contributed by atoms with Crippen LogP contribution in [0.5, 0.6) is 0 Å². The maximum atomic E-state index is 12.4. The summed E-state index contributed by atoms with van der Waals surface area (Å²) in [5.74, 6) is -0.0207. The van der Waals surface area contributed by atoms with Crippen LogP contribution in [0, 0.1) is 5.92 Å². The quantitative estimate of drug-likeness (QED) is 0.865. The Balaban J connectivity index is 2.03. The Morgan fingerprint density at radius 1 is 1.26 bits per heavy atom. The lowest BCUT2D eigenvalue weighted by atomic mass is 10.1. The van der Waals surface area contributed by atoms with Crippen LogP contribution < -0.4 is 10.6 Å². The van der Waals surface area contributed by atoms with Crippen molar-refractivity contribution < 1.29 is 18.0 Å². The van der Waals surface area contributed by atoms with Crippen molar-refractivity contribution >= 4 is 5.91 Å². The molecule has 1 fully saturated rings. The summed E-state index contributed by atoms with van der Waals surface area (Å²) in [4.78, 5) is 11.9. The number of hydrogen-bond acceptors (Lipinski definition) is 2. The largest absolute Gasteiger partial charge is 0.416 e. The van der Waals surface area contributed by atoms with Crippen molar-refractivity contribution in [2.75, 3.05) is 13.1 Å². The van der Waals surface area contributed by atoms with Gasteiger partial charge in [-0.3, -0.25) is 4.79 Å². The minimum Gasteiger partial charge on any atom is -0.348 e. The highest BCUT2D eigenvalue weighted by Gasteiger charge is 2.30. The molecule has 0 radical (unpaired) electrons. The second kappa shape index (κ2) is 5.21. The summed E-state index contributed by atoms with van der Waals surface area (Å²) in [6.07, 6.45) is -4.38. The highest BCUT2D eigenvalue weighted by molar-refractivity contribution is 5.94. The van der Waals surface area contributed by atoms with Crippen LogP contribution in [-0.2, 0) is 6.18 Å². The van der Waals surface area contributed by atoms with Crippen molar-refractivity contribution in [3.8, 4) is 0 Å². The number of carbonyl (C=O) groups is 1. The molecular weight excluding hydrogens is 257 g/mol. The van der Waals surface area contributed by atoms with Gasteiger partial charge >= 0.3 is 6.18 Å². The van der Waals surface area contributed by atoms with E-state index >= 15 is 0 Å². The third-order valence-corrected chi connectivity index (χ3v) is 3.31. The average molecular weight is 272 g/mol. The Kier molecular flexibility index (Phi) is 3.80. The maximum absolute atomic E-state index is 12.4. The van der Waals surface area contributed by atoms with Crippen molar-refractivity contribution in [2.24, 2.45) is 5.92 Å². The Morgan fingerprint density at radius 2 is 1.89 bits per heavy atom. The van der Waals surface area contributed by atoms with E-state index in [0.717, 1.165) is 18.7 Å². The summed E-state index contributed by atoms with van der Waals surface area (Å²) in [7, 11) is 0. The zero-order valence-electron chi connectivity index (χ0n) is 10.4. The van der Waals surface area contributed by atoms with Gasteiger partial charge in [0.05, 0.1) is 5.56 Å². The molecule has 1 aromatic carbocycles. The van der Waals surface area contributed by atoms with E-state index in [1.54, 1.807) is 0 Å². The molecule has 104 valence electrons. The van der Waals surface area contributed by atoms with E-state index in [-0.39, 0.29) is 17.5 Å². The van der Waals surface area contributed by atoms with Gasteiger partial charge in [0, 0.05) is 18.2 Å². The van der Waals surface area contributed by atoms with Crippen molar-refractivity contribution in [2.45, 2.75) is 19.1 Å². The molecular formula is C13H15F3N2O. The van der Waals surface area contributed by atoms with Crippen LogP contribution in [0.1, 0.15) is 22.8 Å². The number of nitrogens with one attached hydrogen (secondary N) is 2. The highest BCUT2D eigenvalue weighted by atomic mass is 19.4. The molecule has 0 aromatic heterocycles. The number of benzene rings is 1. The van der Waals surface area contributed by atoms with Gasteiger partial charge < -0.3 is 10.6 Å². The van der Waals surface area contributed by atoms with Crippen LogP contribution in [0.2, 0.25) is 0 Å². The molecule has 2 atom stereocenters. The van der Waals surface area contributed by atoms with Gasteiger partial charge in [-0.1, -0.05) is 6.92 Å². The topological polar surface area (TPSA) is 41.1 Å². The molecule has 2 rings (SSSR count). The third kappa shape index (κ3) is 3.26. The predicted molar refractivity (Wildman–Crippen MR) is 64.7 cm³/mol. The molecule has 2 N–H and O–H groups in total. The second-order valence-electron chi connectivity index (χ2n) is 4.79. The molecule has 0 bridgehead atoms. The van der Waals surface area contributed by atoms with E-state index in [0.29, 0.717) is 12.5 Å². The SMILES string of the molecule is CC1CNCC1NC(=O)c1ccc(C(F)(F)F)cc1. The van der Waals surface area contributed by atoms with Crippen LogP contribution in [0.25, 0.3) is 0 Å². The first-order chi connectivity index (χ1) is 8.88. The summed E-state index contributed by atoms with van der Waals surface area (Å²) >= 11 is 0. The Bertz CT molecular complexity index is 456. The Hall–Kier alpha value is -1.56. The minimum absolute atomic E-state index is 0.0230. The molecule has 1 saturated heterocycles. The summed E-state index contributed by atoms with van der Waals surface area (Å²) < 4.78 is 37.2. The van der Waals surface area contributed by atoms with E-state index in [2.05, 4.69) is 10.6 Å². The minimum atomic E-state index is -4.38. The van der Waals surface area contributed by atoms with Crippen LogP contribution >= 0.6 is 0 Å².